The van der Waals surface area contributed by atoms with Crippen LogP contribution in [0.5, 0.6) is 0 Å². The van der Waals surface area contributed by atoms with E-state index in [-0.39, 0.29) is 23.7 Å². The van der Waals surface area contributed by atoms with Gasteiger partial charge in [0.15, 0.2) is 0 Å². The van der Waals surface area contributed by atoms with Crippen LogP contribution in [0, 0.1) is 29.1 Å². The van der Waals surface area contributed by atoms with E-state index < -0.39 is 5.60 Å². The average Bonchev–Trinajstić information content (AvgIpc) is 3.17. The maximum absolute atomic E-state index is 13.2. The van der Waals surface area contributed by atoms with E-state index in [4.69, 9.17) is 5.26 Å². The lowest BCUT2D eigenvalue weighted by atomic mass is 9.52. The highest BCUT2D eigenvalue weighted by molar-refractivity contribution is 5.95. The van der Waals surface area contributed by atoms with Crippen LogP contribution in [0.1, 0.15) is 85.6 Å². The topological polar surface area (TPSA) is 98.9 Å². The lowest BCUT2D eigenvalue weighted by molar-refractivity contribution is -0.136. The molecule has 1 aromatic heterocycles. The molecular formula is C21H26N4O2. The summed E-state index contributed by atoms with van der Waals surface area (Å²) in [5.74, 6) is 1.66. The number of hydrogen-bond donors (Lipinski definition) is 2. The van der Waals surface area contributed by atoms with Crippen LogP contribution in [0.4, 0.5) is 0 Å². The molecule has 1 heterocycles. The number of nitrogens with zero attached hydrogens (tertiary/aromatic N) is 3. The Hall–Kier alpha value is -2.00. The summed E-state index contributed by atoms with van der Waals surface area (Å²) < 4.78 is 0. The Morgan fingerprint density at radius 2 is 1.93 bits per heavy atom. The van der Waals surface area contributed by atoms with Crippen molar-refractivity contribution in [1.29, 1.82) is 5.26 Å². The number of amides is 1. The molecule has 5 fully saturated rings. The predicted octanol–water partition coefficient (Wildman–Crippen LogP) is 2.68. The van der Waals surface area contributed by atoms with Crippen LogP contribution in [0.2, 0.25) is 0 Å². The zero-order chi connectivity index (χ0) is 18.6. The number of rotatable bonds is 3. The highest BCUT2D eigenvalue weighted by Crippen LogP contribution is 2.55. The van der Waals surface area contributed by atoms with Crippen molar-refractivity contribution in [2.75, 3.05) is 0 Å². The first-order valence-electron chi connectivity index (χ1n) is 10.3. The molecule has 6 heteroatoms. The van der Waals surface area contributed by atoms with E-state index in [0.29, 0.717) is 23.3 Å². The summed E-state index contributed by atoms with van der Waals surface area (Å²) in [5.41, 5.74) is 0.789. The number of aliphatic hydroxyl groups is 1. The monoisotopic (exact) mass is 366 g/mol. The van der Waals surface area contributed by atoms with Gasteiger partial charge < -0.3 is 10.4 Å². The molecule has 2 N–H and O–H groups in total. The van der Waals surface area contributed by atoms with Gasteiger partial charge in [0.2, 0.25) is 5.82 Å². The van der Waals surface area contributed by atoms with Crippen LogP contribution in [0.15, 0.2) is 6.20 Å². The highest BCUT2D eigenvalue weighted by Gasteiger charge is 2.55. The Morgan fingerprint density at radius 1 is 1.22 bits per heavy atom. The van der Waals surface area contributed by atoms with Crippen molar-refractivity contribution in [3.63, 3.8) is 0 Å². The van der Waals surface area contributed by atoms with Gasteiger partial charge in [-0.2, -0.15) is 5.26 Å². The van der Waals surface area contributed by atoms with Crippen molar-refractivity contribution in [2.24, 2.45) is 17.8 Å². The Morgan fingerprint density at radius 3 is 2.56 bits per heavy atom. The third-order valence-corrected chi connectivity index (χ3v) is 7.44. The van der Waals surface area contributed by atoms with Crippen molar-refractivity contribution >= 4 is 5.91 Å². The predicted molar refractivity (Wildman–Crippen MR) is 97.7 cm³/mol. The summed E-state index contributed by atoms with van der Waals surface area (Å²) in [6, 6.07) is 2.14. The van der Waals surface area contributed by atoms with Crippen molar-refractivity contribution in [3.8, 4) is 6.07 Å². The molecule has 0 spiro atoms. The van der Waals surface area contributed by atoms with Gasteiger partial charge in [0.1, 0.15) is 6.07 Å². The summed E-state index contributed by atoms with van der Waals surface area (Å²) in [4.78, 5) is 21.6. The molecule has 2 atom stereocenters. The second-order valence-corrected chi connectivity index (χ2v) is 9.28. The van der Waals surface area contributed by atoms with Crippen LogP contribution < -0.4 is 5.32 Å². The van der Waals surface area contributed by atoms with E-state index in [2.05, 4.69) is 15.3 Å². The van der Waals surface area contributed by atoms with E-state index in [9.17, 15) is 9.90 Å². The van der Waals surface area contributed by atoms with Gasteiger partial charge in [-0.3, -0.25) is 4.79 Å². The van der Waals surface area contributed by atoms with Crippen molar-refractivity contribution < 1.29 is 9.90 Å². The first-order chi connectivity index (χ1) is 13.0. The SMILES string of the molecule is N#Cc1ncc(C(=O)NC2C3CC4CC2CC(O)(C4)C3)c(C2CCCC2)n1. The first kappa shape index (κ1) is 17.1. The minimum atomic E-state index is -0.496. The van der Waals surface area contributed by atoms with Crippen molar-refractivity contribution in [1.82, 2.24) is 15.3 Å². The van der Waals surface area contributed by atoms with Gasteiger partial charge in [-0.25, -0.2) is 9.97 Å². The van der Waals surface area contributed by atoms with E-state index in [1.54, 1.807) is 0 Å². The van der Waals surface area contributed by atoms with Crippen molar-refractivity contribution in [3.05, 3.63) is 23.3 Å². The second-order valence-electron chi connectivity index (χ2n) is 9.28. The summed E-state index contributed by atoms with van der Waals surface area (Å²) >= 11 is 0. The van der Waals surface area contributed by atoms with Crippen molar-refractivity contribution in [2.45, 2.75) is 75.3 Å². The number of carbonyl (C=O) groups excluding carboxylic acids is 1. The van der Waals surface area contributed by atoms with Gasteiger partial charge in [0.25, 0.3) is 5.91 Å². The molecule has 5 aliphatic carbocycles. The molecule has 1 amide bonds. The molecule has 4 bridgehead atoms. The third kappa shape index (κ3) is 2.93. The maximum Gasteiger partial charge on any atom is 0.254 e. The number of nitrogens with one attached hydrogen (secondary N) is 1. The molecule has 5 saturated carbocycles. The zero-order valence-corrected chi connectivity index (χ0v) is 15.5. The molecule has 0 aromatic carbocycles. The smallest absolute Gasteiger partial charge is 0.254 e. The Labute approximate surface area is 159 Å². The highest BCUT2D eigenvalue weighted by atomic mass is 16.3. The number of hydrogen-bond acceptors (Lipinski definition) is 5. The van der Waals surface area contributed by atoms with Crippen LogP contribution >= 0.6 is 0 Å². The Balaban J connectivity index is 1.39. The van der Waals surface area contributed by atoms with Gasteiger partial charge in [-0.15, -0.1) is 0 Å². The fraction of sp³-hybridized carbons (Fsp3) is 0.714. The number of carbonyl (C=O) groups is 1. The fourth-order valence-electron chi connectivity index (χ4n) is 6.58. The Kier molecular flexibility index (Phi) is 3.98. The summed E-state index contributed by atoms with van der Waals surface area (Å²) in [6.07, 6.45) is 10.7. The molecule has 0 saturated heterocycles. The minimum Gasteiger partial charge on any atom is -0.390 e. The van der Waals surface area contributed by atoms with Crippen LogP contribution in [0.3, 0.4) is 0 Å². The fourth-order valence-corrected chi connectivity index (χ4v) is 6.58. The molecule has 27 heavy (non-hydrogen) atoms. The molecule has 1 aromatic rings. The largest absolute Gasteiger partial charge is 0.390 e. The second kappa shape index (κ2) is 6.27. The summed E-state index contributed by atoms with van der Waals surface area (Å²) in [6.45, 7) is 0. The lowest BCUT2D eigenvalue weighted by Crippen LogP contribution is -2.61. The Bertz CT molecular complexity index is 795. The van der Waals surface area contributed by atoms with Crippen LogP contribution in [-0.2, 0) is 0 Å². The van der Waals surface area contributed by atoms with E-state index >= 15 is 0 Å². The number of aromatic nitrogens is 2. The molecule has 142 valence electrons. The quantitative estimate of drug-likeness (QED) is 0.857. The third-order valence-electron chi connectivity index (χ3n) is 7.44. The van der Waals surface area contributed by atoms with E-state index in [0.717, 1.165) is 63.5 Å². The molecule has 0 radical (unpaired) electrons. The lowest BCUT2D eigenvalue weighted by Gasteiger charge is -2.58. The van der Waals surface area contributed by atoms with Gasteiger partial charge in [0.05, 0.1) is 16.9 Å². The maximum atomic E-state index is 13.2. The van der Waals surface area contributed by atoms with E-state index in [1.165, 1.54) is 6.20 Å². The molecule has 6 nitrogen and oxygen atoms in total. The van der Waals surface area contributed by atoms with Crippen LogP contribution in [0.25, 0.3) is 0 Å². The normalized spacial score (nSPS) is 37.3. The molecule has 0 aliphatic heterocycles. The van der Waals surface area contributed by atoms with Gasteiger partial charge in [0, 0.05) is 18.2 Å². The molecule has 2 unspecified atom stereocenters. The van der Waals surface area contributed by atoms with Gasteiger partial charge >= 0.3 is 0 Å². The van der Waals surface area contributed by atoms with Gasteiger partial charge in [-0.1, -0.05) is 12.8 Å². The summed E-state index contributed by atoms with van der Waals surface area (Å²) in [7, 11) is 0. The first-order valence-corrected chi connectivity index (χ1v) is 10.3. The number of nitriles is 1. The summed E-state index contributed by atoms with van der Waals surface area (Å²) in [5, 5.41) is 23.2. The van der Waals surface area contributed by atoms with E-state index in [1.807, 2.05) is 6.07 Å². The molecular weight excluding hydrogens is 340 g/mol. The average molecular weight is 366 g/mol. The molecule has 5 aliphatic rings. The van der Waals surface area contributed by atoms with Gasteiger partial charge in [-0.05, 0) is 62.7 Å². The molecule has 6 rings (SSSR count). The van der Waals surface area contributed by atoms with Crippen LogP contribution in [-0.4, -0.2) is 32.6 Å². The minimum absolute atomic E-state index is 0.106. The zero-order valence-electron chi connectivity index (χ0n) is 15.5. The standard InChI is InChI=1S/C21H26N4O2/c22-10-17-23-11-16(19(24-17)13-3-1-2-4-13)20(26)25-18-14-5-12-6-15(18)9-21(27,7-12)8-14/h11-15,18,27H,1-9H2,(H,25,26).